The molecule has 1 atom stereocenters. The van der Waals surface area contributed by atoms with Gasteiger partial charge in [-0.25, -0.2) is 9.78 Å². The lowest BCUT2D eigenvalue weighted by atomic mass is 10.2. The van der Waals surface area contributed by atoms with Crippen LogP contribution < -0.4 is 4.90 Å². The summed E-state index contributed by atoms with van der Waals surface area (Å²) in [6, 6.07) is 7.44. The zero-order chi connectivity index (χ0) is 23.5. The Morgan fingerprint density at radius 1 is 1.26 bits per heavy atom. The Labute approximate surface area is 201 Å². The van der Waals surface area contributed by atoms with Crippen molar-refractivity contribution in [2.24, 2.45) is 0 Å². The maximum Gasteiger partial charge on any atom is 0.345 e. The molecule has 10 nitrogen and oxygen atoms in total. The van der Waals surface area contributed by atoms with Crippen molar-refractivity contribution >= 4 is 40.3 Å². The number of nitrogens with zero attached hydrogens (tertiary/aromatic N) is 5. The average molecular weight is 485 g/mol. The Balaban J connectivity index is 1.42. The first-order valence-corrected chi connectivity index (χ1v) is 12.5. The highest BCUT2D eigenvalue weighted by molar-refractivity contribution is 7.99. The van der Waals surface area contributed by atoms with Crippen LogP contribution >= 0.6 is 11.8 Å². The molecule has 34 heavy (non-hydrogen) atoms. The average Bonchev–Trinajstić information content (AvgIpc) is 3.65. The molecule has 2 aliphatic heterocycles. The number of fused-ring (bicyclic) bond motifs is 1. The van der Waals surface area contributed by atoms with Crippen molar-refractivity contribution in [3.63, 3.8) is 0 Å². The van der Waals surface area contributed by atoms with Gasteiger partial charge in [-0.05, 0) is 37.8 Å². The predicted octanol–water partition coefficient (Wildman–Crippen LogP) is 3.17. The molecule has 0 amide bonds. The summed E-state index contributed by atoms with van der Waals surface area (Å²) in [6.45, 7) is 3.35. The molecule has 11 heteroatoms. The number of aliphatic hydroxyl groups is 1. The quantitative estimate of drug-likeness (QED) is 0.215. The van der Waals surface area contributed by atoms with Gasteiger partial charge in [0.2, 0.25) is 5.95 Å². The number of hydrogen-bond donors (Lipinski definition) is 2. The molecule has 4 heterocycles. The van der Waals surface area contributed by atoms with Crippen molar-refractivity contribution in [1.82, 2.24) is 24.7 Å². The van der Waals surface area contributed by atoms with Gasteiger partial charge in [0.05, 0.1) is 36.5 Å². The summed E-state index contributed by atoms with van der Waals surface area (Å²) >= 11 is 1.33. The molecule has 0 saturated carbocycles. The first-order chi connectivity index (χ1) is 16.6. The highest BCUT2D eigenvalue weighted by Crippen LogP contribution is 2.29. The van der Waals surface area contributed by atoms with E-state index in [-0.39, 0.29) is 29.0 Å². The number of para-hydroxylation sites is 2. The van der Waals surface area contributed by atoms with E-state index in [4.69, 9.17) is 9.47 Å². The zero-order valence-electron chi connectivity index (χ0n) is 19.1. The van der Waals surface area contributed by atoms with E-state index < -0.39 is 5.97 Å². The van der Waals surface area contributed by atoms with E-state index >= 15 is 0 Å². The van der Waals surface area contributed by atoms with Gasteiger partial charge in [0, 0.05) is 19.7 Å². The van der Waals surface area contributed by atoms with Gasteiger partial charge < -0.3 is 24.5 Å². The predicted molar refractivity (Wildman–Crippen MR) is 129 cm³/mol. The lowest BCUT2D eigenvalue weighted by Gasteiger charge is -2.20. The van der Waals surface area contributed by atoms with Gasteiger partial charge in [0.25, 0.3) is 0 Å². The Bertz CT molecular complexity index is 1160. The third-order valence-corrected chi connectivity index (χ3v) is 7.12. The first-order valence-electron chi connectivity index (χ1n) is 11.5. The third-order valence-electron chi connectivity index (χ3n) is 6.14. The number of carbonyl (C=O) groups is 1. The lowest BCUT2D eigenvalue weighted by molar-refractivity contribution is -0.133. The molecule has 0 bridgehead atoms. The number of thioether (sulfide) groups is 1. The summed E-state index contributed by atoms with van der Waals surface area (Å²) < 4.78 is 12.9. The van der Waals surface area contributed by atoms with Crippen molar-refractivity contribution in [2.45, 2.75) is 43.5 Å². The van der Waals surface area contributed by atoms with Crippen LogP contribution in [0.15, 0.2) is 35.2 Å². The van der Waals surface area contributed by atoms with Gasteiger partial charge in [-0.15, -0.1) is 10.2 Å². The molecular weight excluding hydrogens is 456 g/mol. The fraction of sp³-hybridized carbons (Fsp3) is 0.478. The van der Waals surface area contributed by atoms with Gasteiger partial charge in [-0.3, -0.25) is 4.57 Å². The topological polar surface area (TPSA) is 118 Å². The maximum atomic E-state index is 12.6. The molecule has 2 N–H and O–H groups in total. The highest BCUT2D eigenvalue weighted by Gasteiger charge is 2.27. The largest absolute Gasteiger partial charge is 0.510 e. The molecule has 0 aliphatic carbocycles. The van der Waals surface area contributed by atoms with Gasteiger partial charge in [-0.2, -0.15) is 0 Å². The van der Waals surface area contributed by atoms with E-state index in [1.807, 2.05) is 24.3 Å². The number of aromatic nitrogens is 5. The number of H-pyrrole nitrogens is 1. The van der Waals surface area contributed by atoms with Gasteiger partial charge in [0.15, 0.2) is 5.16 Å². The van der Waals surface area contributed by atoms with Crippen LogP contribution in [0.25, 0.3) is 16.6 Å². The molecule has 2 aromatic heterocycles. The third kappa shape index (κ3) is 4.62. The Hall–Kier alpha value is -3.05. The number of benzene rings is 1. The standard InChI is InChI=1S/C23H28N6O4S/c1-32-21(31)19(20-24-16-8-2-3-9-17(16)25-20)18(30)14-34-23-27-26-22(28-10-4-5-11-28)29(23)13-15-7-6-12-33-15/h2-3,8-9,15,30H,4-7,10-14H2,1H3,(H,24,25). The van der Waals surface area contributed by atoms with Crippen molar-refractivity contribution < 1.29 is 19.4 Å². The zero-order valence-corrected chi connectivity index (χ0v) is 19.9. The number of methoxy groups -OCH3 is 1. The Kier molecular flexibility index (Phi) is 6.73. The van der Waals surface area contributed by atoms with Crippen molar-refractivity contribution in [1.29, 1.82) is 0 Å². The first kappa shape index (κ1) is 22.7. The smallest absolute Gasteiger partial charge is 0.345 e. The van der Waals surface area contributed by atoms with Crippen LogP contribution in [0.5, 0.6) is 0 Å². The van der Waals surface area contributed by atoms with Crippen LogP contribution in [0.2, 0.25) is 0 Å². The molecule has 0 radical (unpaired) electrons. The highest BCUT2D eigenvalue weighted by atomic mass is 32.2. The van der Waals surface area contributed by atoms with Crippen molar-refractivity contribution in [2.75, 3.05) is 37.5 Å². The SMILES string of the molecule is COC(=O)C(=C(O)CSc1nnc(N2CCCC2)n1CC1CCCO1)c1nc2ccccc2[nH]1. The van der Waals surface area contributed by atoms with Crippen molar-refractivity contribution in [3.8, 4) is 0 Å². The number of hydrogen-bond acceptors (Lipinski definition) is 9. The van der Waals surface area contributed by atoms with E-state index in [1.165, 1.54) is 18.9 Å². The number of imidazole rings is 1. The number of rotatable bonds is 8. The Morgan fingerprint density at radius 2 is 2.09 bits per heavy atom. The Morgan fingerprint density at radius 3 is 2.82 bits per heavy atom. The molecule has 2 saturated heterocycles. The number of ether oxygens (including phenoxy) is 2. The number of aromatic amines is 1. The monoisotopic (exact) mass is 484 g/mol. The minimum atomic E-state index is -0.657. The molecule has 180 valence electrons. The number of aliphatic hydroxyl groups excluding tert-OH is 1. The van der Waals surface area contributed by atoms with Gasteiger partial charge in [0.1, 0.15) is 17.2 Å². The molecule has 0 spiro atoms. The van der Waals surface area contributed by atoms with E-state index in [0.29, 0.717) is 17.2 Å². The van der Waals surface area contributed by atoms with Crippen LogP contribution in [0.1, 0.15) is 31.5 Å². The fourth-order valence-corrected chi connectivity index (χ4v) is 5.24. The number of anilines is 1. The lowest BCUT2D eigenvalue weighted by Crippen LogP contribution is -2.25. The molecule has 2 fully saturated rings. The second-order valence-electron chi connectivity index (χ2n) is 8.43. The van der Waals surface area contributed by atoms with E-state index in [2.05, 4.69) is 29.6 Å². The molecule has 2 aliphatic rings. The summed E-state index contributed by atoms with van der Waals surface area (Å²) in [7, 11) is 1.28. The number of nitrogens with one attached hydrogen (secondary N) is 1. The fourth-order valence-electron chi connectivity index (χ4n) is 4.42. The molecule has 1 aromatic carbocycles. The van der Waals surface area contributed by atoms with Crippen LogP contribution in [0.3, 0.4) is 0 Å². The summed E-state index contributed by atoms with van der Waals surface area (Å²) in [5.41, 5.74) is 1.48. The molecule has 3 aromatic rings. The molecular formula is C23H28N6O4S. The second-order valence-corrected chi connectivity index (χ2v) is 9.37. The van der Waals surface area contributed by atoms with Crippen LogP contribution in [0.4, 0.5) is 5.95 Å². The minimum absolute atomic E-state index is 0.0103. The summed E-state index contributed by atoms with van der Waals surface area (Å²) in [5.74, 6) is 0.431. The summed E-state index contributed by atoms with van der Waals surface area (Å²) in [4.78, 5) is 22.4. The maximum absolute atomic E-state index is 12.6. The van der Waals surface area contributed by atoms with E-state index in [1.54, 1.807) is 0 Å². The van der Waals surface area contributed by atoms with Gasteiger partial charge in [-0.1, -0.05) is 23.9 Å². The second kappa shape index (κ2) is 10.1. The van der Waals surface area contributed by atoms with Crippen LogP contribution in [-0.4, -0.2) is 74.5 Å². The number of carbonyl (C=O) groups excluding carboxylic acids is 1. The normalized spacial score (nSPS) is 19.1. The van der Waals surface area contributed by atoms with Crippen LogP contribution in [0, 0.1) is 0 Å². The van der Waals surface area contributed by atoms with E-state index in [9.17, 15) is 9.90 Å². The minimum Gasteiger partial charge on any atom is -0.510 e. The van der Waals surface area contributed by atoms with Crippen LogP contribution in [-0.2, 0) is 20.8 Å². The van der Waals surface area contributed by atoms with E-state index in [0.717, 1.165) is 56.8 Å². The number of esters is 1. The van der Waals surface area contributed by atoms with Gasteiger partial charge >= 0.3 is 5.97 Å². The summed E-state index contributed by atoms with van der Waals surface area (Å²) in [5, 5.41) is 20.5. The molecule has 1 unspecified atom stereocenters. The summed E-state index contributed by atoms with van der Waals surface area (Å²) in [6.07, 6.45) is 4.46. The molecule has 5 rings (SSSR count). The van der Waals surface area contributed by atoms with Crippen molar-refractivity contribution in [3.05, 3.63) is 35.8 Å².